The summed E-state index contributed by atoms with van der Waals surface area (Å²) in [4.78, 5) is 29.1. The molecule has 2 aromatic heterocycles. The normalized spacial score (nSPS) is 10.7. The van der Waals surface area contributed by atoms with E-state index >= 15 is 0 Å². The topological polar surface area (TPSA) is 81.9 Å². The van der Waals surface area contributed by atoms with Crippen molar-refractivity contribution in [3.63, 3.8) is 0 Å². The summed E-state index contributed by atoms with van der Waals surface area (Å²) in [6, 6.07) is 19.7. The second-order valence-electron chi connectivity index (χ2n) is 7.44. The molecule has 0 saturated carbocycles. The Balaban J connectivity index is 1.42. The van der Waals surface area contributed by atoms with E-state index in [9.17, 15) is 9.59 Å². The van der Waals surface area contributed by atoms with Gasteiger partial charge in [0.25, 0.3) is 11.5 Å². The molecule has 0 radical (unpaired) electrons. The lowest BCUT2D eigenvalue weighted by atomic mass is 10.2. The van der Waals surface area contributed by atoms with Crippen molar-refractivity contribution < 1.29 is 14.3 Å². The molecule has 1 amide bonds. The van der Waals surface area contributed by atoms with Gasteiger partial charge in [0.1, 0.15) is 23.8 Å². The first-order chi connectivity index (χ1) is 15.5. The number of fused-ring (bicyclic) bond motifs is 1. The number of ether oxygens (including phenoxy) is 2. The van der Waals surface area contributed by atoms with Gasteiger partial charge in [0, 0.05) is 24.0 Å². The third-order valence-corrected chi connectivity index (χ3v) is 4.84. The van der Waals surface area contributed by atoms with Crippen molar-refractivity contribution in [2.75, 3.05) is 11.9 Å². The predicted octanol–water partition coefficient (Wildman–Crippen LogP) is 3.91. The van der Waals surface area contributed by atoms with Crippen LogP contribution in [-0.4, -0.2) is 21.9 Å². The summed E-state index contributed by atoms with van der Waals surface area (Å²) < 4.78 is 12.9. The lowest BCUT2D eigenvalue weighted by Crippen LogP contribution is -2.20. The molecule has 0 fully saturated rings. The lowest BCUT2D eigenvalue weighted by Gasteiger charge is -2.12. The van der Waals surface area contributed by atoms with Gasteiger partial charge in [-0.3, -0.25) is 14.0 Å². The SMILES string of the molecule is Cc1ccn2c(=O)cc(COc3cc(NC(=O)COc4ccccc4)ccc3C)nc2c1. The van der Waals surface area contributed by atoms with Gasteiger partial charge in [0.15, 0.2) is 6.61 Å². The quantitative estimate of drug-likeness (QED) is 0.482. The average Bonchev–Trinajstić information content (AvgIpc) is 2.78. The maximum Gasteiger partial charge on any atom is 0.262 e. The van der Waals surface area contributed by atoms with E-state index in [2.05, 4.69) is 10.3 Å². The zero-order valence-electron chi connectivity index (χ0n) is 17.9. The van der Waals surface area contributed by atoms with E-state index in [0.717, 1.165) is 11.1 Å². The number of rotatable bonds is 7. The fourth-order valence-electron chi connectivity index (χ4n) is 3.18. The van der Waals surface area contributed by atoms with Crippen molar-refractivity contribution >= 4 is 17.2 Å². The molecule has 0 aliphatic rings. The molecule has 0 aliphatic carbocycles. The summed E-state index contributed by atoms with van der Waals surface area (Å²) in [6.07, 6.45) is 1.71. The van der Waals surface area contributed by atoms with Crippen molar-refractivity contribution in [3.05, 3.63) is 100 Å². The minimum atomic E-state index is -0.275. The van der Waals surface area contributed by atoms with Crippen LogP contribution in [-0.2, 0) is 11.4 Å². The number of aromatic nitrogens is 2. The van der Waals surface area contributed by atoms with Crippen molar-refractivity contribution in [1.29, 1.82) is 0 Å². The Kier molecular flexibility index (Phi) is 6.17. The van der Waals surface area contributed by atoms with Crippen LogP contribution >= 0.6 is 0 Å². The maximum atomic E-state index is 12.3. The van der Waals surface area contributed by atoms with Crippen LogP contribution in [0, 0.1) is 13.8 Å². The molecule has 162 valence electrons. The monoisotopic (exact) mass is 429 g/mol. The molecule has 0 unspecified atom stereocenters. The number of nitrogens with zero attached hydrogens (tertiary/aromatic N) is 2. The molecule has 7 heteroatoms. The predicted molar refractivity (Wildman–Crippen MR) is 122 cm³/mol. The number of aryl methyl sites for hydroxylation is 2. The molecular formula is C25H23N3O4. The fraction of sp³-hybridized carbons (Fsp3) is 0.160. The number of carbonyl (C=O) groups excluding carboxylic acids is 1. The molecule has 0 atom stereocenters. The Bertz CT molecular complexity index is 1320. The highest BCUT2D eigenvalue weighted by molar-refractivity contribution is 5.92. The van der Waals surface area contributed by atoms with E-state index in [1.807, 2.05) is 50.2 Å². The molecule has 4 rings (SSSR count). The second-order valence-corrected chi connectivity index (χ2v) is 7.44. The Hall–Kier alpha value is -4.13. The van der Waals surface area contributed by atoms with Gasteiger partial charge in [-0.2, -0.15) is 0 Å². The van der Waals surface area contributed by atoms with Crippen molar-refractivity contribution in [2.45, 2.75) is 20.5 Å². The second kappa shape index (κ2) is 9.34. The zero-order chi connectivity index (χ0) is 22.5. The van der Waals surface area contributed by atoms with Gasteiger partial charge in [0.05, 0.1) is 5.69 Å². The molecule has 2 heterocycles. The molecule has 0 spiro atoms. The molecular weight excluding hydrogens is 406 g/mol. The molecule has 0 aliphatic heterocycles. The molecule has 0 bridgehead atoms. The number of hydrogen-bond acceptors (Lipinski definition) is 5. The summed E-state index contributed by atoms with van der Waals surface area (Å²) in [5, 5.41) is 2.80. The van der Waals surface area contributed by atoms with Gasteiger partial charge in [-0.05, 0) is 55.3 Å². The number of hydrogen-bond donors (Lipinski definition) is 1. The fourth-order valence-corrected chi connectivity index (χ4v) is 3.18. The molecule has 4 aromatic rings. The number of anilines is 1. The maximum absolute atomic E-state index is 12.3. The lowest BCUT2D eigenvalue weighted by molar-refractivity contribution is -0.118. The Morgan fingerprint density at radius 1 is 1.00 bits per heavy atom. The minimum absolute atomic E-state index is 0.0988. The Morgan fingerprint density at radius 2 is 1.81 bits per heavy atom. The Morgan fingerprint density at radius 3 is 2.62 bits per heavy atom. The van der Waals surface area contributed by atoms with Gasteiger partial charge >= 0.3 is 0 Å². The largest absolute Gasteiger partial charge is 0.487 e. The van der Waals surface area contributed by atoms with E-state index in [4.69, 9.17) is 9.47 Å². The average molecular weight is 429 g/mol. The summed E-state index contributed by atoms with van der Waals surface area (Å²) in [5.74, 6) is 0.950. The van der Waals surface area contributed by atoms with Gasteiger partial charge < -0.3 is 14.8 Å². The minimum Gasteiger partial charge on any atom is -0.487 e. The van der Waals surface area contributed by atoms with Crippen LogP contribution in [0.3, 0.4) is 0 Å². The van der Waals surface area contributed by atoms with Crippen LogP contribution in [0.15, 0.2) is 77.7 Å². The third-order valence-electron chi connectivity index (χ3n) is 4.84. The van der Waals surface area contributed by atoms with E-state index in [0.29, 0.717) is 28.5 Å². The first kappa shape index (κ1) is 21.1. The third kappa shape index (κ3) is 5.13. The molecule has 1 N–H and O–H groups in total. The van der Waals surface area contributed by atoms with Crippen LogP contribution in [0.5, 0.6) is 11.5 Å². The summed E-state index contributed by atoms with van der Waals surface area (Å²) in [5.41, 5.74) is 3.46. The van der Waals surface area contributed by atoms with Gasteiger partial charge in [-0.15, -0.1) is 0 Å². The highest BCUT2D eigenvalue weighted by atomic mass is 16.5. The van der Waals surface area contributed by atoms with Gasteiger partial charge in [-0.25, -0.2) is 4.98 Å². The Labute approximate surface area is 185 Å². The number of pyridine rings is 1. The van der Waals surface area contributed by atoms with E-state index in [1.54, 1.807) is 30.5 Å². The standard InChI is InChI=1S/C25H23N3O4/c1-17-10-11-28-23(12-17)26-20(14-25(28)30)15-32-22-13-19(9-8-18(22)2)27-24(29)16-31-21-6-4-3-5-7-21/h3-14H,15-16H2,1-2H3,(H,27,29). The number of nitrogens with one attached hydrogen (secondary N) is 1. The summed E-state index contributed by atoms with van der Waals surface area (Å²) in [7, 11) is 0. The number of carbonyl (C=O) groups is 1. The van der Waals surface area contributed by atoms with Gasteiger partial charge in [0.2, 0.25) is 0 Å². The van der Waals surface area contributed by atoms with Crippen LogP contribution in [0.1, 0.15) is 16.8 Å². The van der Waals surface area contributed by atoms with E-state index in [-0.39, 0.29) is 24.7 Å². The zero-order valence-corrected chi connectivity index (χ0v) is 17.9. The number of para-hydroxylation sites is 1. The van der Waals surface area contributed by atoms with Crippen LogP contribution < -0.4 is 20.3 Å². The molecule has 0 saturated heterocycles. The molecule has 32 heavy (non-hydrogen) atoms. The van der Waals surface area contributed by atoms with Crippen LogP contribution in [0.4, 0.5) is 5.69 Å². The van der Waals surface area contributed by atoms with Gasteiger partial charge in [-0.1, -0.05) is 24.3 Å². The highest BCUT2D eigenvalue weighted by Crippen LogP contribution is 2.23. The highest BCUT2D eigenvalue weighted by Gasteiger charge is 2.09. The smallest absolute Gasteiger partial charge is 0.262 e. The first-order valence-corrected chi connectivity index (χ1v) is 10.2. The van der Waals surface area contributed by atoms with E-state index in [1.165, 1.54) is 10.5 Å². The van der Waals surface area contributed by atoms with Crippen molar-refractivity contribution in [3.8, 4) is 11.5 Å². The van der Waals surface area contributed by atoms with Crippen molar-refractivity contribution in [2.24, 2.45) is 0 Å². The van der Waals surface area contributed by atoms with Crippen LogP contribution in [0.25, 0.3) is 5.65 Å². The molecule has 2 aromatic carbocycles. The summed E-state index contributed by atoms with van der Waals surface area (Å²) in [6.45, 7) is 3.89. The summed E-state index contributed by atoms with van der Waals surface area (Å²) >= 11 is 0. The van der Waals surface area contributed by atoms with Crippen LogP contribution in [0.2, 0.25) is 0 Å². The molecule has 7 nitrogen and oxygen atoms in total. The number of amides is 1. The van der Waals surface area contributed by atoms with E-state index < -0.39 is 0 Å². The first-order valence-electron chi connectivity index (χ1n) is 10.2. The number of benzene rings is 2. The van der Waals surface area contributed by atoms with Crippen molar-refractivity contribution in [1.82, 2.24) is 9.38 Å².